The molecule has 0 bridgehead atoms. The highest BCUT2D eigenvalue weighted by Crippen LogP contribution is 2.24. The van der Waals surface area contributed by atoms with Crippen LogP contribution in [0.15, 0.2) is 106 Å². The predicted octanol–water partition coefficient (Wildman–Crippen LogP) is 5.73. The molecule has 1 aliphatic heterocycles. The van der Waals surface area contributed by atoms with Crippen LogP contribution < -0.4 is 20.5 Å². The van der Waals surface area contributed by atoms with E-state index < -0.39 is 5.76 Å². The SMILES string of the molecule is COc1ccc(COc2cccc(C(CN3CCCC3)NC(=O)Cc3ccc4oc(=O)n(Cc5ccccc5)c4c3)c2)cc1. The van der Waals surface area contributed by atoms with Gasteiger partial charge >= 0.3 is 5.76 Å². The van der Waals surface area contributed by atoms with E-state index in [0.29, 0.717) is 24.3 Å². The summed E-state index contributed by atoms with van der Waals surface area (Å²) in [5, 5.41) is 3.29. The monoisotopic (exact) mass is 591 g/mol. The Morgan fingerprint density at radius 1 is 0.864 bits per heavy atom. The van der Waals surface area contributed by atoms with Crippen LogP contribution in [0.2, 0.25) is 0 Å². The molecule has 1 fully saturated rings. The molecule has 1 N–H and O–H groups in total. The molecular weight excluding hydrogens is 554 g/mol. The molecule has 8 nitrogen and oxygen atoms in total. The van der Waals surface area contributed by atoms with Crippen LogP contribution in [-0.2, 0) is 24.4 Å². The highest BCUT2D eigenvalue weighted by Gasteiger charge is 2.22. The molecule has 0 saturated carbocycles. The standard InChI is InChI=1S/C36H37N3O5/c1-42-30-15-12-27(13-16-30)25-43-31-11-7-10-29(22-31)32(24-38-18-5-6-19-38)37-35(40)21-28-14-17-34-33(20-28)39(36(41)44-34)23-26-8-3-2-4-9-26/h2-4,7-17,20,22,32H,5-6,18-19,21,23-25H2,1H3,(H,37,40). The maximum Gasteiger partial charge on any atom is 0.420 e. The lowest BCUT2D eigenvalue weighted by Gasteiger charge is -2.25. The number of hydrogen-bond donors (Lipinski definition) is 1. The smallest absolute Gasteiger partial charge is 0.420 e. The normalized spacial score (nSPS) is 14.0. The molecular formula is C36H37N3O5. The Kier molecular flexibility index (Phi) is 9.08. The second-order valence-corrected chi connectivity index (χ2v) is 11.3. The van der Waals surface area contributed by atoms with Gasteiger partial charge in [-0.1, -0.05) is 60.7 Å². The van der Waals surface area contributed by atoms with E-state index in [9.17, 15) is 9.59 Å². The lowest BCUT2D eigenvalue weighted by molar-refractivity contribution is -0.121. The number of carbonyl (C=O) groups is 1. The zero-order valence-corrected chi connectivity index (χ0v) is 24.9. The van der Waals surface area contributed by atoms with Crippen LogP contribution in [0, 0.1) is 0 Å². The molecule has 226 valence electrons. The molecule has 1 unspecified atom stereocenters. The van der Waals surface area contributed by atoms with E-state index in [4.69, 9.17) is 13.9 Å². The van der Waals surface area contributed by atoms with Gasteiger partial charge in [0.2, 0.25) is 5.91 Å². The zero-order chi connectivity index (χ0) is 30.3. The Morgan fingerprint density at radius 3 is 2.41 bits per heavy atom. The summed E-state index contributed by atoms with van der Waals surface area (Å²) in [6.45, 7) is 3.61. The number of oxazole rings is 1. The first-order chi connectivity index (χ1) is 21.5. The van der Waals surface area contributed by atoms with Gasteiger partial charge in [0.15, 0.2) is 5.58 Å². The average Bonchev–Trinajstić information content (AvgIpc) is 3.68. The average molecular weight is 592 g/mol. The molecule has 1 aliphatic rings. The predicted molar refractivity (Wildman–Crippen MR) is 170 cm³/mol. The third-order valence-electron chi connectivity index (χ3n) is 8.08. The van der Waals surface area contributed by atoms with Gasteiger partial charge in [-0.25, -0.2) is 4.79 Å². The molecule has 6 rings (SSSR count). The van der Waals surface area contributed by atoms with Crippen LogP contribution in [0.5, 0.6) is 11.5 Å². The zero-order valence-electron chi connectivity index (χ0n) is 24.9. The Hall–Kier alpha value is -4.82. The molecule has 0 spiro atoms. The lowest BCUT2D eigenvalue weighted by Crippen LogP contribution is -2.37. The molecule has 5 aromatic rings. The summed E-state index contributed by atoms with van der Waals surface area (Å²) in [4.78, 5) is 28.5. The van der Waals surface area contributed by atoms with Crippen LogP contribution in [-0.4, -0.2) is 42.1 Å². The number of methoxy groups -OCH3 is 1. The fourth-order valence-electron chi connectivity index (χ4n) is 5.73. The van der Waals surface area contributed by atoms with E-state index in [1.807, 2.05) is 91.0 Å². The Balaban J connectivity index is 1.17. The minimum absolute atomic E-state index is 0.0847. The number of benzene rings is 4. The lowest BCUT2D eigenvalue weighted by atomic mass is 10.0. The molecule has 0 aliphatic carbocycles. The highest BCUT2D eigenvalue weighted by atomic mass is 16.5. The van der Waals surface area contributed by atoms with E-state index >= 15 is 0 Å². The molecule has 1 amide bonds. The fourth-order valence-corrected chi connectivity index (χ4v) is 5.73. The topological polar surface area (TPSA) is 85.9 Å². The van der Waals surface area contributed by atoms with Gasteiger partial charge in [0.05, 0.1) is 31.6 Å². The van der Waals surface area contributed by atoms with Crippen LogP contribution in [0.1, 0.15) is 41.1 Å². The van der Waals surface area contributed by atoms with Crippen LogP contribution >= 0.6 is 0 Å². The summed E-state index contributed by atoms with van der Waals surface area (Å²) >= 11 is 0. The molecule has 8 heteroatoms. The first kappa shape index (κ1) is 29.3. The number of hydrogen-bond acceptors (Lipinski definition) is 6. The second-order valence-electron chi connectivity index (χ2n) is 11.3. The summed E-state index contributed by atoms with van der Waals surface area (Å²) in [5.41, 5.74) is 5.05. The van der Waals surface area contributed by atoms with Crippen molar-refractivity contribution in [3.63, 3.8) is 0 Å². The number of nitrogens with one attached hydrogen (secondary N) is 1. The number of amides is 1. The minimum atomic E-state index is -0.412. The third-order valence-corrected chi connectivity index (χ3v) is 8.08. The van der Waals surface area contributed by atoms with Crippen molar-refractivity contribution in [1.82, 2.24) is 14.8 Å². The summed E-state index contributed by atoms with van der Waals surface area (Å²) < 4.78 is 18.5. The number of carbonyl (C=O) groups excluding carboxylic acids is 1. The van der Waals surface area contributed by atoms with E-state index in [1.54, 1.807) is 17.7 Å². The van der Waals surface area contributed by atoms with Crippen molar-refractivity contribution in [2.24, 2.45) is 0 Å². The highest BCUT2D eigenvalue weighted by molar-refractivity contribution is 5.81. The van der Waals surface area contributed by atoms with Gasteiger partial charge in [-0.15, -0.1) is 0 Å². The maximum atomic E-state index is 13.5. The van der Waals surface area contributed by atoms with Gasteiger partial charge in [0, 0.05) is 6.54 Å². The van der Waals surface area contributed by atoms with Crippen LogP contribution in [0.25, 0.3) is 11.1 Å². The molecule has 2 heterocycles. The number of aromatic nitrogens is 1. The van der Waals surface area contributed by atoms with Crippen molar-refractivity contribution < 1.29 is 18.7 Å². The maximum absolute atomic E-state index is 13.5. The van der Waals surface area contributed by atoms with E-state index in [1.165, 1.54) is 12.8 Å². The number of ether oxygens (including phenoxy) is 2. The first-order valence-electron chi connectivity index (χ1n) is 15.1. The molecule has 4 aromatic carbocycles. The molecule has 1 aromatic heterocycles. The van der Waals surface area contributed by atoms with E-state index in [0.717, 1.165) is 53.4 Å². The van der Waals surface area contributed by atoms with Crippen LogP contribution in [0.4, 0.5) is 0 Å². The largest absolute Gasteiger partial charge is 0.497 e. The van der Waals surface area contributed by atoms with Crippen molar-refractivity contribution in [2.75, 3.05) is 26.7 Å². The Bertz CT molecular complexity index is 1750. The summed E-state index contributed by atoms with van der Waals surface area (Å²) in [6.07, 6.45) is 2.52. The van der Waals surface area contributed by atoms with Crippen molar-refractivity contribution in [1.29, 1.82) is 0 Å². The molecule has 0 radical (unpaired) electrons. The summed E-state index contributed by atoms with van der Waals surface area (Å²) in [7, 11) is 1.65. The van der Waals surface area contributed by atoms with E-state index in [-0.39, 0.29) is 18.4 Å². The number of likely N-dealkylation sites (tertiary alicyclic amines) is 1. The van der Waals surface area contributed by atoms with Crippen molar-refractivity contribution in [3.8, 4) is 11.5 Å². The van der Waals surface area contributed by atoms with Gasteiger partial charge < -0.3 is 24.1 Å². The van der Waals surface area contributed by atoms with Crippen molar-refractivity contribution in [2.45, 2.75) is 38.5 Å². The van der Waals surface area contributed by atoms with Gasteiger partial charge in [-0.3, -0.25) is 9.36 Å². The number of fused-ring (bicyclic) bond motifs is 1. The number of rotatable bonds is 12. The van der Waals surface area contributed by atoms with Crippen molar-refractivity contribution >= 4 is 17.0 Å². The Labute approximate surface area is 256 Å². The van der Waals surface area contributed by atoms with Gasteiger partial charge in [0.25, 0.3) is 0 Å². The fraction of sp³-hybridized carbons (Fsp3) is 0.278. The van der Waals surface area contributed by atoms with E-state index in [2.05, 4.69) is 10.2 Å². The van der Waals surface area contributed by atoms with Crippen molar-refractivity contribution in [3.05, 3.63) is 130 Å². The minimum Gasteiger partial charge on any atom is -0.497 e. The molecule has 1 atom stereocenters. The first-order valence-corrected chi connectivity index (χ1v) is 15.1. The summed E-state index contributed by atoms with van der Waals surface area (Å²) in [6, 6.07) is 30.9. The molecule has 1 saturated heterocycles. The summed E-state index contributed by atoms with van der Waals surface area (Å²) in [5.74, 6) is 1.06. The number of nitrogens with zero attached hydrogens (tertiary/aromatic N) is 2. The quantitative estimate of drug-likeness (QED) is 0.200. The van der Waals surface area contributed by atoms with Gasteiger partial charge in [-0.05, 0) is 84.6 Å². The Morgan fingerprint density at radius 2 is 1.64 bits per heavy atom. The molecule has 44 heavy (non-hydrogen) atoms. The van der Waals surface area contributed by atoms with Gasteiger partial charge in [0.1, 0.15) is 18.1 Å². The van der Waals surface area contributed by atoms with Crippen LogP contribution in [0.3, 0.4) is 0 Å². The second kappa shape index (κ2) is 13.7. The van der Waals surface area contributed by atoms with Gasteiger partial charge in [-0.2, -0.15) is 0 Å². The third kappa shape index (κ3) is 7.21.